The highest BCUT2D eigenvalue weighted by molar-refractivity contribution is 6.30. The first-order valence-corrected chi connectivity index (χ1v) is 3.54. The van der Waals surface area contributed by atoms with Crippen LogP contribution in [0.2, 0.25) is 5.15 Å². The summed E-state index contributed by atoms with van der Waals surface area (Å²) in [7, 11) is 0. The zero-order chi connectivity index (χ0) is 9.30. The maximum absolute atomic E-state index is 12.2. The van der Waals surface area contributed by atoms with E-state index >= 15 is 0 Å². The van der Waals surface area contributed by atoms with E-state index in [4.69, 9.17) is 16.7 Å². The molecule has 12 heavy (non-hydrogen) atoms. The van der Waals surface area contributed by atoms with Crippen molar-refractivity contribution in [2.24, 2.45) is 0 Å². The van der Waals surface area contributed by atoms with Gasteiger partial charge in [0, 0.05) is 6.20 Å². The number of rotatable bonds is 1. The van der Waals surface area contributed by atoms with Gasteiger partial charge in [-0.05, 0) is 12.5 Å². The third-order valence-corrected chi connectivity index (χ3v) is 1.74. The summed E-state index contributed by atoms with van der Waals surface area (Å²) < 4.78 is 24.4. The maximum Gasteiger partial charge on any atom is 0.267 e. The van der Waals surface area contributed by atoms with E-state index in [0.717, 1.165) is 0 Å². The SMILES string of the molecule is Cc1cnc(Cl)c(O)c1C(F)F. The molecule has 0 amide bonds. The molecule has 0 fully saturated rings. The van der Waals surface area contributed by atoms with Crippen molar-refractivity contribution < 1.29 is 13.9 Å². The minimum atomic E-state index is -2.73. The standard InChI is InChI=1S/C7H6ClF2NO/c1-3-2-11-6(8)5(12)4(3)7(9)10/h2,7,12H,1H3. The summed E-state index contributed by atoms with van der Waals surface area (Å²) in [6.07, 6.45) is -1.53. The number of hydrogen-bond donors (Lipinski definition) is 1. The predicted molar refractivity (Wildman–Crippen MR) is 40.6 cm³/mol. The molecule has 66 valence electrons. The summed E-state index contributed by atoms with van der Waals surface area (Å²) in [6, 6.07) is 0. The Hall–Kier alpha value is -0.900. The average molecular weight is 194 g/mol. The van der Waals surface area contributed by atoms with Crippen molar-refractivity contribution in [2.75, 3.05) is 0 Å². The zero-order valence-electron chi connectivity index (χ0n) is 6.18. The number of hydrogen-bond acceptors (Lipinski definition) is 2. The number of halogens is 3. The first-order valence-electron chi connectivity index (χ1n) is 3.16. The largest absolute Gasteiger partial charge is 0.504 e. The van der Waals surface area contributed by atoms with E-state index in [1.807, 2.05) is 0 Å². The number of nitrogens with zero attached hydrogens (tertiary/aromatic N) is 1. The van der Waals surface area contributed by atoms with Crippen LogP contribution in [-0.2, 0) is 0 Å². The van der Waals surface area contributed by atoms with Gasteiger partial charge in [0.05, 0.1) is 5.56 Å². The lowest BCUT2D eigenvalue weighted by Gasteiger charge is -2.06. The Morgan fingerprint density at radius 1 is 1.58 bits per heavy atom. The number of aromatic hydroxyl groups is 1. The van der Waals surface area contributed by atoms with Crippen LogP contribution in [0, 0.1) is 6.92 Å². The molecule has 1 aromatic rings. The van der Waals surface area contributed by atoms with Crippen molar-refractivity contribution in [3.63, 3.8) is 0 Å². The van der Waals surface area contributed by atoms with Crippen LogP contribution >= 0.6 is 11.6 Å². The fourth-order valence-electron chi connectivity index (χ4n) is 0.858. The van der Waals surface area contributed by atoms with Gasteiger partial charge in [0.1, 0.15) is 0 Å². The third-order valence-electron chi connectivity index (χ3n) is 1.47. The molecule has 0 unspecified atom stereocenters. The van der Waals surface area contributed by atoms with E-state index in [-0.39, 0.29) is 10.7 Å². The molecule has 0 aliphatic carbocycles. The predicted octanol–water partition coefficient (Wildman–Crippen LogP) is 2.69. The normalized spacial score (nSPS) is 10.8. The molecule has 0 spiro atoms. The fourth-order valence-corrected chi connectivity index (χ4v) is 1.01. The second kappa shape index (κ2) is 3.23. The molecule has 0 aliphatic rings. The summed E-state index contributed by atoms with van der Waals surface area (Å²) in [5.41, 5.74) is -0.220. The van der Waals surface area contributed by atoms with Crippen molar-refractivity contribution in [1.29, 1.82) is 0 Å². The van der Waals surface area contributed by atoms with Crippen molar-refractivity contribution >= 4 is 11.6 Å². The number of pyridine rings is 1. The Labute approximate surface area is 72.8 Å². The zero-order valence-corrected chi connectivity index (χ0v) is 6.94. The second-order valence-corrected chi connectivity index (χ2v) is 2.65. The van der Waals surface area contributed by atoms with Crippen LogP contribution in [0.25, 0.3) is 0 Å². The second-order valence-electron chi connectivity index (χ2n) is 2.29. The highest BCUT2D eigenvalue weighted by Gasteiger charge is 2.18. The highest BCUT2D eigenvalue weighted by atomic mass is 35.5. The Morgan fingerprint density at radius 3 is 2.58 bits per heavy atom. The van der Waals surface area contributed by atoms with Crippen molar-refractivity contribution in [1.82, 2.24) is 4.98 Å². The van der Waals surface area contributed by atoms with Crippen LogP contribution < -0.4 is 0 Å². The molecule has 5 heteroatoms. The highest BCUT2D eigenvalue weighted by Crippen LogP contribution is 2.34. The van der Waals surface area contributed by atoms with Gasteiger partial charge in [-0.2, -0.15) is 0 Å². The lowest BCUT2D eigenvalue weighted by atomic mass is 10.1. The molecule has 0 bridgehead atoms. The lowest BCUT2D eigenvalue weighted by molar-refractivity contribution is 0.146. The van der Waals surface area contributed by atoms with E-state index in [0.29, 0.717) is 0 Å². The van der Waals surface area contributed by atoms with Gasteiger partial charge in [-0.25, -0.2) is 13.8 Å². The summed E-state index contributed by atoms with van der Waals surface area (Å²) in [6.45, 7) is 1.44. The molecule has 1 rings (SSSR count). The van der Waals surface area contributed by atoms with E-state index in [2.05, 4.69) is 4.98 Å². The topological polar surface area (TPSA) is 33.1 Å². The first kappa shape index (κ1) is 9.19. The molecule has 1 heterocycles. The van der Waals surface area contributed by atoms with Crippen LogP contribution in [0.5, 0.6) is 5.75 Å². The Morgan fingerprint density at radius 2 is 2.17 bits per heavy atom. The van der Waals surface area contributed by atoms with Gasteiger partial charge in [0.2, 0.25) is 0 Å². The number of aromatic nitrogens is 1. The van der Waals surface area contributed by atoms with Crippen molar-refractivity contribution in [2.45, 2.75) is 13.3 Å². The van der Waals surface area contributed by atoms with Crippen LogP contribution in [0.4, 0.5) is 8.78 Å². The first-order chi connectivity index (χ1) is 5.54. The van der Waals surface area contributed by atoms with E-state index in [9.17, 15) is 8.78 Å². The molecular weight excluding hydrogens is 188 g/mol. The average Bonchev–Trinajstić information content (AvgIpc) is 1.97. The van der Waals surface area contributed by atoms with Gasteiger partial charge in [-0.3, -0.25) is 0 Å². The quantitative estimate of drug-likeness (QED) is 0.696. The van der Waals surface area contributed by atoms with Gasteiger partial charge in [-0.1, -0.05) is 11.6 Å². The molecule has 1 N–H and O–H groups in total. The summed E-state index contributed by atoms with van der Waals surface area (Å²) in [5.74, 6) is -0.633. The van der Waals surface area contributed by atoms with Crippen molar-refractivity contribution in [3.05, 3.63) is 22.5 Å². The van der Waals surface area contributed by atoms with Gasteiger partial charge >= 0.3 is 0 Å². The Bertz CT molecular complexity index is 304. The van der Waals surface area contributed by atoms with Crippen LogP contribution in [0.1, 0.15) is 17.6 Å². The van der Waals surface area contributed by atoms with Gasteiger partial charge in [0.25, 0.3) is 6.43 Å². The maximum atomic E-state index is 12.2. The summed E-state index contributed by atoms with van der Waals surface area (Å²) in [5, 5.41) is 8.78. The monoisotopic (exact) mass is 193 g/mol. The van der Waals surface area contributed by atoms with Crippen LogP contribution in [0.15, 0.2) is 6.20 Å². The third kappa shape index (κ3) is 1.48. The van der Waals surface area contributed by atoms with E-state index in [1.165, 1.54) is 13.1 Å². The number of aryl methyl sites for hydroxylation is 1. The molecule has 0 saturated heterocycles. The van der Waals surface area contributed by atoms with Crippen molar-refractivity contribution in [3.8, 4) is 5.75 Å². The number of alkyl halides is 2. The molecule has 0 radical (unpaired) electrons. The molecule has 0 atom stereocenters. The molecule has 2 nitrogen and oxygen atoms in total. The van der Waals surface area contributed by atoms with Crippen LogP contribution in [-0.4, -0.2) is 10.1 Å². The molecule has 0 aliphatic heterocycles. The molecule has 1 aromatic heterocycles. The fraction of sp³-hybridized carbons (Fsp3) is 0.286. The summed E-state index contributed by atoms with van der Waals surface area (Å²) in [4.78, 5) is 3.50. The Kier molecular flexibility index (Phi) is 2.47. The molecule has 0 saturated carbocycles. The minimum Gasteiger partial charge on any atom is -0.504 e. The smallest absolute Gasteiger partial charge is 0.267 e. The summed E-state index contributed by atoms with van der Waals surface area (Å²) >= 11 is 5.34. The minimum absolute atomic E-state index is 0.229. The van der Waals surface area contributed by atoms with Gasteiger partial charge in [0.15, 0.2) is 10.9 Å². The van der Waals surface area contributed by atoms with Crippen LogP contribution in [0.3, 0.4) is 0 Å². The van der Waals surface area contributed by atoms with Gasteiger partial charge in [-0.15, -0.1) is 0 Å². The Balaban J connectivity index is 3.33. The molecular formula is C7H6ClF2NO. The van der Waals surface area contributed by atoms with E-state index < -0.39 is 17.7 Å². The van der Waals surface area contributed by atoms with E-state index in [1.54, 1.807) is 0 Å². The van der Waals surface area contributed by atoms with Gasteiger partial charge < -0.3 is 5.11 Å². The lowest BCUT2D eigenvalue weighted by Crippen LogP contribution is -1.92. The molecule has 0 aromatic carbocycles.